The molecule has 0 aromatic carbocycles. The molecule has 0 atom stereocenters. The standard InChI is InChI=1S/C12H12N4S/c1-7(2)12-15-9(5-11(14)16-12)10-4-3-8(6-13)17-10/h3-5,7H,1-2H3,(H2,14,15,16). The number of hydrogen-bond acceptors (Lipinski definition) is 5. The van der Waals surface area contributed by atoms with Gasteiger partial charge in [0.25, 0.3) is 0 Å². The summed E-state index contributed by atoms with van der Waals surface area (Å²) < 4.78 is 0. The fourth-order valence-electron chi connectivity index (χ4n) is 1.41. The third-order valence-electron chi connectivity index (χ3n) is 2.25. The molecule has 0 unspecified atom stereocenters. The van der Waals surface area contributed by atoms with Gasteiger partial charge in [-0.15, -0.1) is 11.3 Å². The first-order valence-corrected chi connectivity index (χ1v) is 6.06. The Morgan fingerprint density at radius 3 is 2.71 bits per heavy atom. The van der Waals surface area contributed by atoms with Crippen molar-refractivity contribution in [2.45, 2.75) is 19.8 Å². The van der Waals surface area contributed by atoms with Gasteiger partial charge in [0, 0.05) is 12.0 Å². The van der Waals surface area contributed by atoms with Crippen molar-refractivity contribution >= 4 is 17.2 Å². The Morgan fingerprint density at radius 1 is 1.35 bits per heavy atom. The molecule has 0 fully saturated rings. The predicted octanol–water partition coefficient (Wildman–Crippen LogP) is 2.78. The molecule has 2 N–H and O–H groups in total. The Morgan fingerprint density at radius 2 is 2.12 bits per heavy atom. The zero-order chi connectivity index (χ0) is 12.4. The molecule has 2 rings (SSSR count). The molecule has 86 valence electrons. The van der Waals surface area contributed by atoms with E-state index in [9.17, 15) is 0 Å². The zero-order valence-corrected chi connectivity index (χ0v) is 10.5. The Hall–Kier alpha value is -1.93. The van der Waals surface area contributed by atoms with Crippen molar-refractivity contribution in [2.75, 3.05) is 5.73 Å². The molecule has 0 radical (unpaired) electrons. The second kappa shape index (κ2) is 4.52. The first-order chi connectivity index (χ1) is 8.10. The molecule has 0 saturated carbocycles. The van der Waals surface area contributed by atoms with Crippen LogP contribution in [0.2, 0.25) is 0 Å². The van der Waals surface area contributed by atoms with E-state index in [0.717, 1.165) is 16.4 Å². The van der Waals surface area contributed by atoms with Gasteiger partial charge in [0.05, 0.1) is 10.6 Å². The monoisotopic (exact) mass is 244 g/mol. The van der Waals surface area contributed by atoms with Gasteiger partial charge in [0.1, 0.15) is 22.6 Å². The summed E-state index contributed by atoms with van der Waals surface area (Å²) in [6.07, 6.45) is 0. The zero-order valence-electron chi connectivity index (χ0n) is 9.64. The summed E-state index contributed by atoms with van der Waals surface area (Å²) in [5.41, 5.74) is 6.55. The van der Waals surface area contributed by atoms with Crippen LogP contribution in [0.4, 0.5) is 5.82 Å². The number of hydrogen-bond donors (Lipinski definition) is 1. The Labute approximate surface area is 104 Å². The Kier molecular flexibility index (Phi) is 3.07. The molecule has 2 heterocycles. The van der Waals surface area contributed by atoms with Crippen molar-refractivity contribution in [3.63, 3.8) is 0 Å². The minimum Gasteiger partial charge on any atom is -0.384 e. The molecule has 0 aliphatic rings. The normalized spacial score (nSPS) is 10.5. The van der Waals surface area contributed by atoms with E-state index in [0.29, 0.717) is 10.7 Å². The largest absolute Gasteiger partial charge is 0.384 e. The van der Waals surface area contributed by atoms with Crippen molar-refractivity contribution in [3.8, 4) is 16.6 Å². The van der Waals surface area contributed by atoms with E-state index in [2.05, 4.69) is 16.0 Å². The molecule has 4 nitrogen and oxygen atoms in total. The summed E-state index contributed by atoms with van der Waals surface area (Å²) in [6.45, 7) is 4.04. The van der Waals surface area contributed by atoms with Crippen LogP contribution in [0.15, 0.2) is 18.2 Å². The minimum atomic E-state index is 0.229. The van der Waals surface area contributed by atoms with Gasteiger partial charge >= 0.3 is 0 Å². The van der Waals surface area contributed by atoms with E-state index in [1.54, 1.807) is 12.1 Å². The fraction of sp³-hybridized carbons (Fsp3) is 0.250. The van der Waals surface area contributed by atoms with E-state index in [1.165, 1.54) is 11.3 Å². The maximum atomic E-state index is 8.80. The quantitative estimate of drug-likeness (QED) is 0.881. The highest BCUT2D eigenvalue weighted by Gasteiger charge is 2.10. The summed E-state index contributed by atoms with van der Waals surface area (Å²) in [5, 5.41) is 8.80. The van der Waals surface area contributed by atoms with Crippen LogP contribution in [-0.2, 0) is 0 Å². The maximum Gasteiger partial charge on any atom is 0.133 e. The van der Waals surface area contributed by atoms with Crippen LogP contribution in [0.3, 0.4) is 0 Å². The van der Waals surface area contributed by atoms with Gasteiger partial charge in [0.2, 0.25) is 0 Å². The summed E-state index contributed by atoms with van der Waals surface area (Å²) >= 11 is 1.41. The Balaban J connectivity index is 2.48. The van der Waals surface area contributed by atoms with Crippen molar-refractivity contribution in [3.05, 3.63) is 28.9 Å². The molecule has 0 aliphatic heterocycles. The summed E-state index contributed by atoms with van der Waals surface area (Å²) in [7, 11) is 0. The number of anilines is 1. The van der Waals surface area contributed by atoms with Crippen molar-refractivity contribution < 1.29 is 0 Å². The number of aromatic nitrogens is 2. The van der Waals surface area contributed by atoms with Crippen molar-refractivity contribution in [1.29, 1.82) is 5.26 Å². The summed E-state index contributed by atoms with van der Waals surface area (Å²) in [6, 6.07) is 7.52. The molecule has 0 amide bonds. The van der Waals surface area contributed by atoms with Crippen LogP contribution >= 0.6 is 11.3 Å². The highest BCUT2D eigenvalue weighted by molar-refractivity contribution is 7.15. The number of rotatable bonds is 2. The van der Waals surface area contributed by atoms with Gasteiger partial charge < -0.3 is 5.73 Å². The van der Waals surface area contributed by atoms with Gasteiger partial charge in [0.15, 0.2) is 0 Å². The number of nitrogens with two attached hydrogens (primary N) is 1. The van der Waals surface area contributed by atoms with Gasteiger partial charge in [-0.05, 0) is 12.1 Å². The summed E-state index contributed by atoms with van der Waals surface area (Å²) in [4.78, 5) is 10.3. The van der Waals surface area contributed by atoms with Crippen molar-refractivity contribution in [1.82, 2.24) is 9.97 Å². The maximum absolute atomic E-state index is 8.80. The minimum absolute atomic E-state index is 0.229. The van der Waals surface area contributed by atoms with Gasteiger partial charge in [-0.25, -0.2) is 9.97 Å². The van der Waals surface area contributed by atoms with E-state index < -0.39 is 0 Å². The predicted molar refractivity (Wildman–Crippen MR) is 68.6 cm³/mol. The second-order valence-corrected chi connectivity index (χ2v) is 5.05. The van der Waals surface area contributed by atoms with Crippen molar-refractivity contribution in [2.24, 2.45) is 0 Å². The lowest BCUT2D eigenvalue weighted by atomic mass is 10.2. The number of nitriles is 1. The Bertz CT molecular complexity index is 580. The van der Waals surface area contributed by atoms with E-state index >= 15 is 0 Å². The van der Waals surface area contributed by atoms with Crippen LogP contribution < -0.4 is 5.73 Å². The molecule has 17 heavy (non-hydrogen) atoms. The molecule has 0 bridgehead atoms. The molecule has 0 spiro atoms. The third-order valence-corrected chi connectivity index (χ3v) is 3.26. The lowest BCUT2D eigenvalue weighted by Crippen LogP contribution is -2.02. The SMILES string of the molecule is CC(C)c1nc(N)cc(-c2ccc(C#N)s2)n1. The molecule has 0 aliphatic carbocycles. The van der Waals surface area contributed by atoms with Gasteiger partial charge in [-0.1, -0.05) is 13.8 Å². The van der Waals surface area contributed by atoms with Crippen LogP contribution in [0.1, 0.15) is 30.5 Å². The van der Waals surface area contributed by atoms with Gasteiger partial charge in [-0.2, -0.15) is 5.26 Å². The molecule has 0 saturated heterocycles. The number of thiophene rings is 1. The number of nitrogens with zero attached hydrogens (tertiary/aromatic N) is 3. The van der Waals surface area contributed by atoms with E-state index in [4.69, 9.17) is 11.0 Å². The molecular weight excluding hydrogens is 232 g/mol. The number of nitrogen functional groups attached to an aromatic ring is 1. The topological polar surface area (TPSA) is 75.6 Å². The molecule has 2 aromatic rings. The van der Waals surface area contributed by atoms with Crippen LogP contribution in [0, 0.1) is 11.3 Å². The fourth-order valence-corrected chi connectivity index (χ4v) is 2.17. The van der Waals surface area contributed by atoms with E-state index in [-0.39, 0.29) is 5.92 Å². The molecule has 2 aromatic heterocycles. The van der Waals surface area contributed by atoms with E-state index in [1.807, 2.05) is 19.9 Å². The summed E-state index contributed by atoms with van der Waals surface area (Å²) in [5.74, 6) is 1.42. The average Bonchev–Trinajstić information content (AvgIpc) is 2.76. The highest BCUT2D eigenvalue weighted by Crippen LogP contribution is 2.28. The third kappa shape index (κ3) is 2.43. The van der Waals surface area contributed by atoms with Crippen LogP contribution in [0.5, 0.6) is 0 Å². The van der Waals surface area contributed by atoms with Crippen LogP contribution in [0.25, 0.3) is 10.6 Å². The lowest BCUT2D eigenvalue weighted by Gasteiger charge is -2.06. The highest BCUT2D eigenvalue weighted by atomic mass is 32.1. The van der Waals surface area contributed by atoms with Crippen LogP contribution in [-0.4, -0.2) is 9.97 Å². The smallest absolute Gasteiger partial charge is 0.133 e. The average molecular weight is 244 g/mol. The lowest BCUT2D eigenvalue weighted by molar-refractivity contribution is 0.779. The van der Waals surface area contributed by atoms with Gasteiger partial charge in [-0.3, -0.25) is 0 Å². The first kappa shape index (κ1) is 11.6. The molecular formula is C12H12N4S. The first-order valence-electron chi connectivity index (χ1n) is 5.25. The second-order valence-electron chi connectivity index (χ2n) is 3.97. The molecule has 5 heteroatoms.